The fraction of sp³-hybridized carbons (Fsp3) is 0.500. The van der Waals surface area contributed by atoms with E-state index in [0.717, 1.165) is 5.56 Å². The zero-order chi connectivity index (χ0) is 16.0. The van der Waals surface area contributed by atoms with Gasteiger partial charge in [0, 0.05) is 25.8 Å². The summed E-state index contributed by atoms with van der Waals surface area (Å²) in [6.07, 6.45) is 0. The van der Waals surface area contributed by atoms with Crippen molar-refractivity contribution in [3.63, 3.8) is 0 Å². The summed E-state index contributed by atoms with van der Waals surface area (Å²) in [7, 11) is 1.59. The molecule has 1 N–H and O–H groups in total. The topological polar surface area (TPSA) is 66.8 Å². The standard InChI is InChI=1S/C16H23NO4/c1-11(2)10-17(5-6-21-4)15(18)13-7-12(3)8-14(9-13)16(19)20/h7-9,11H,5-6,10H2,1-4H3,(H,19,20). The van der Waals surface area contributed by atoms with E-state index in [0.29, 0.717) is 31.2 Å². The third kappa shape index (κ3) is 5.19. The van der Waals surface area contributed by atoms with Gasteiger partial charge in [0.25, 0.3) is 5.91 Å². The monoisotopic (exact) mass is 293 g/mol. The number of benzene rings is 1. The van der Waals surface area contributed by atoms with Gasteiger partial charge < -0.3 is 14.7 Å². The first kappa shape index (κ1) is 17.2. The van der Waals surface area contributed by atoms with Crippen molar-refractivity contribution in [2.24, 2.45) is 5.92 Å². The Morgan fingerprint density at radius 1 is 1.24 bits per heavy atom. The van der Waals surface area contributed by atoms with Gasteiger partial charge in [0.2, 0.25) is 0 Å². The lowest BCUT2D eigenvalue weighted by atomic mass is 10.0. The number of aryl methyl sites for hydroxylation is 1. The summed E-state index contributed by atoms with van der Waals surface area (Å²) >= 11 is 0. The van der Waals surface area contributed by atoms with Crippen molar-refractivity contribution in [2.75, 3.05) is 26.8 Å². The van der Waals surface area contributed by atoms with Crippen LogP contribution in [0.5, 0.6) is 0 Å². The molecule has 1 aromatic rings. The van der Waals surface area contributed by atoms with Gasteiger partial charge in [-0.1, -0.05) is 13.8 Å². The van der Waals surface area contributed by atoms with Gasteiger partial charge in [0.15, 0.2) is 0 Å². The van der Waals surface area contributed by atoms with Gasteiger partial charge in [-0.05, 0) is 36.6 Å². The zero-order valence-electron chi connectivity index (χ0n) is 13.0. The first-order valence-corrected chi connectivity index (χ1v) is 6.98. The minimum atomic E-state index is -1.03. The maximum atomic E-state index is 12.6. The van der Waals surface area contributed by atoms with Gasteiger partial charge in [-0.2, -0.15) is 0 Å². The van der Waals surface area contributed by atoms with Crippen LogP contribution in [0.25, 0.3) is 0 Å². The Kier molecular flexibility index (Phi) is 6.37. The maximum Gasteiger partial charge on any atom is 0.335 e. The molecule has 1 rings (SSSR count). The molecule has 0 heterocycles. The van der Waals surface area contributed by atoms with Gasteiger partial charge in [-0.25, -0.2) is 4.79 Å². The molecule has 21 heavy (non-hydrogen) atoms. The van der Waals surface area contributed by atoms with E-state index in [9.17, 15) is 9.59 Å². The first-order chi connectivity index (χ1) is 9.85. The molecular weight excluding hydrogens is 270 g/mol. The summed E-state index contributed by atoms with van der Waals surface area (Å²) in [6.45, 7) is 7.40. The number of hydrogen-bond donors (Lipinski definition) is 1. The van der Waals surface area contributed by atoms with E-state index in [-0.39, 0.29) is 11.5 Å². The average molecular weight is 293 g/mol. The number of amides is 1. The number of aromatic carboxylic acids is 1. The first-order valence-electron chi connectivity index (χ1n) is 6.98. The van der Waals surface area contributed by atoms with E-state index in [1.165, 1.54) is 6.07 Å². The summed E-state index contributed by atoms with van der Waals surface area (Å²) in [6, 6.07) is 4.70. The van der Waals surface area contributed by atoms with E-state index in [4.69, 9.17) is 9.84 Å². The third-order valence-electron chi connectivity index (χ3n) is 3.01. The Hall–Kier alpha value is -1.88. The van der Waals surface area contributed by atoms with Crippen LogP contribution in [-0.4, -0.2) is 48.7 Å². The molecule has 0 aliphatic carbocycles. The van der Waals surface area contributed by atoms with Crippen molar-refractivity contribution < 1.29 is 19.4 Å². The minimum Gasteiger partial charge on any atom is -0.478 e. The molecule has 0 fully saturated rings. The lowest BCUT2D eigenvalue weighted by Crippen LogP contribution is -2.36. The summed E-state index contributed by atoms with van der Waals surface area (Å²) in [5.41, 5.74) is 1.30. The summed E-state index contributed by atoms with van der Waals surface area (Å²) < 4.78 is 5.04. The number of rotatable bonds is 7. The molecule has 0 atom stereocenters. The van der Waals surface area contributed by atoms with Crippen molar-refractivity contribution in [2.45, 2.75) is 20.8 Å². The summed E-state index contributed by atoms with van der Waals surface area (Å²) in [4.78, 5) is 25.4. The van der Waals surface area contributed by atoms with Gasteiger partial charge in [-0.3, -0.25) is 4.79 Å². The second-order valence-electron chi connectivity index (χ2n) is 5.53. The lowest BCUT2D eigenvalue weighted by molar-refractivity contribution is 0.0672. The van der Waals surface area contributed by atoms with E-state index in [1.807, 2.05) is 13.8 Å². The Morgan fingerprint density at radius 2 is 1.86 bits per heavy atom. The smallest absolute Gasteiger partial charge is 0.335 e. The molecule has 5 heteroatoms. The molecule has 0 radical (unpaired) electrons. The molecule has 0 bridgehead atoms. The zero-order valence-corrected chi connectivity index (χ0v) is 13.0. The van der Waals surface area contributed by atoms with E-state index in [1.54, 1.807) is 31.1 Å². The number of ether oxygens (including phenoxy) is 1. The highest BCUT2D eigenvalue weighted by molar-refractivity contribution is 5.97. The molecule has 0 unspecified atom stereocenters. The van der Waals surface area contributed by atoms with Gasteiger partial charge in [0.05, 0.1) is 12.2 Å². The molecule has 0 aromatic heterocycles. The van der Waals surface area contributed by atoms with E-state index < -0.39 is 5.97 Å². The second kappa shape index (κ2) is 7.78. The fourth-order valence-electron chi connectivity index (χ4n) is 2.13. The fourth-order valence-corrected chi connectivity index (χ4v) is 2.13. The van der Waals surface area contributed by atoms with Crippen molar-refractivity contribution in [3.8, 4) is 0 Å². The number of nitrogens with zero attached hydrogens (tertiary/aromatic N) is 1. The SMILES string of the molecule is COCCN(CC(C)C)C(=O)c1cc(C)cc(C(=O)O)c1. The Morgan fingerprint density at radius 3 is 2.38 bits per heavy atom. The molecule has 0 saturated heterocycles. The van der Waals surface area contributed by atoms with Gasteiger partial charge in [-0.15, -0.1) is 0 Å². The minimum absolute atomic E-state index is 0.134. The van der Waals surface area contributed by atoms with Crippen LogP contribution in [0.2, 0.25) is 0 Å². The number of carbonyl (C=O) groups is 2. The highest BCUT2D eigenvalue weighted by Crippen LogP contribution is 2.13. The summed E-state index contributed by atoms with van der Waals surface area (Å²) in [5.74, 6) is -0.860. The second-order valence-corrected chi connectivity index (χ2v) is 5.53. The third-order valence-corrected chi connectivity index (χ3v) is 3.01. The van der Waals surface area contributed by atoms with Crippen LogP contribution in [0.3, 0.4) is 0 Å². The number of carboxylic acid groups (broad SMARTS) is 1. The predicted molar refractivity (Wildman–Crippen MR) is 80.8 cm³/mol. The normalized spacial score (nSPS) is 10.7. The molecule has 0 aliphatic rings. The van der Waals surface area contributed by atoms with Crippen molar-refractivity contribution in [3.05, 3.63) is 34.9 Å². The molecule has 5 nitrogen and oxygen atoms in total. The van der Waals surface area contributed by atoms with Gasteiger partial charge in [0.1, 0.15) is 0 Å². The molecule has 0 spiro atoms. The number of hydrogen-bond acceptors (Lipinski definition) is 3. The highest BCUT2D eigenvalue weighted by Gasteiger charge is 2.18. The average Bonchev–Trinajstić information content (AvgIpc) is 2.41. The van der Waals surface area contributed by atoms with Crippen molar-refractivity contribution in [1.82, 2.24) is 4.90 Å². The highest BCUT2D eigenvalue weighted by atomic mass is 16.5. The van der Waals surface area contributed by atoms with E-state index >= 15 is 0 Å². The Balaban J connectivity index is 3.04. The lowest BCUT2D eigenvalue weighted by Gasteiger charge is -2.24. The van der Waals surface area contributed by atoms with Crippen LogP contribution in [-0.2, 0) is 4.74 Å². The van der Waals surface area contributed by atoms with Crippen LogP contribution >= 0.6 is 0 Å². The van der Waals surface area contributed by atoms with Crippen LogP contribution in [0.15, 0.2) is 18.2 Å². The van der Waals surface area contributed by atoms with Crippen molar-refractivity contribution in [1.29, 1.82) is 0 Å². The van der Waals surface area contributed by atoms with Crippen LogP contribution in [0.4, 0.5) is 0 Å². The molecular formula is C16H23NO4. The number of carboxylic acids is 1. The number of carbonyl (C=O) groups excluding carboxylic acids is 1. The van der Waals surface area contributed by atoms with Crippen molar-refractivity contribution >= 4 is 11.9 Å². The quantitative estimate of drug-likeness (QED) is 0.838. The summed E-state index contributed by atoms with van der Waals surface area (Å²) in [5, 5.41) is 9.10. The predicted octanol–water partition coefficient (Wildman–Crippen LogP) is 2.44. The molecule has 1 amide bonds. The van der Waals surface area contributed by atoms with Gasteiger partial charge >= 0.3 is 5.97 Å². The molecule has 1 aromatic carbocycles. The Labute approximate surface area is 125 Å². The Bertz CT molecular complexity index is 511. The largest absolute Gasteiger partial charge is 0.478 e. The van der Waals surface area contributed by atoms with E-state index in [2.05, 4.69) is 0 Å². The molecule has 0 aliphatic heterocycles. The molecule has 116 valence electrons. The van der Waals surface area contributed by atoms with Crippen LogP contribution < -0.4 is 0 Å². The molecule has 0 saturated carbocycles. The van der Waals surface area contributed by atoms with Crippen LogP contribution in [0.1, 0.15) is 40.1 Å². The maximum absolute atomic E-state index is 12.6. The van der Waals surface area contributed by atoms with Crippen LogP contribution in [0, 0.1) is 12.8 Å². The number of methoxy groups -OCH3 is 1.